The average Bonchev–Trinajstić information content (AvgIpc) is 4.51. The maximum atomic E-state index is 12.6. The molecule has 0 saturated carbocycles. The van der Waals surface area contributed by atoms with E-state index in [0.717, 1.165) is 87.2 Å². The Hall–Kier alpha value is -11.7. The normalized spacial score (nSPS) is 11.6. The van der Waals surface area contributed by atoms with Crippen molar-refractivity contribution in [2.75, 3.05) is 0 Å². The van der Waals surface area contributed by atoms with Crippen LogP contribution in [0, 0.1) is 56.7 Å². The van der Waals surface area contributed by atoms with Crippen molar-refractivity contribution in [2.24, 2.45) is 0 Å². The molecule has 15 aromatic rings. The third kappa shape index (κ3) is 5.93. The standard InChI is InChI=1S/C66H32N10O/c67-33-38-21-25-56-46(29-38)42-11-1-6-16-52(42)73(56)62-50(37-71)61(66-72-51-15-5-10-20-60(51)77-66)63(74-53-17-7-2-12-43(53)47-30-39(34-68)22-26-57(47)74)65(76-55-19-9-4-14-45(55)49-32-41(36-70)24-28-59(49)76)64(62)75-54-18-8-3-13-44(54)48-31-40(35-69)23-27-58(48)75/h1-32H. The van der Waals surface area contributed by atoms with Crippen molar-refractivity contribution in [3.8, 4) is 64.5 Å². The van der Waals surface area contributed by atoms with Gasteiger partial charge in [0.1, 0.15) is 11.6 Å². The fourth-order valence-electron chi connectivity index (χ4n) is 12.0. The molecule has 0 aliphatic rings. The molecule has 5 aromatic heterocycles. The summed E-state index contributed by atoms with van der Waals surface area (Å²) in [4.78, 5) is 5.30. The molecule has 0 N–H and O–H groups in total. The van der Waals surface area contributed by atoms with Crippen molar-refractivity contribution >= 4 is 98.3 Å². The first-order valence-electron chi connectivity index (χ1n) is 24.7. The Morgan fingerprint density at radius 2 is 0.636 bits per heavy atom. The van der Waals surface area contributed by atoms with Crippen molar-refractivity contribution in [1.82, 2.24) is 23.3 Å². The van der Waals surface area contributed by atoms with E-state index in [4.69, 9.17) is 9.40 Å². The van der Waals surface area contributed by atoms with E-state index in [2.05, 4.69) is 78.9 Å². The largest absolute Gasteiger partial charge is 0.436 e. The fourth-order valence-corrected chi connectivity index (χ4v) is 12.0. The van der Waals surface area contributed by atoms with Gasteiger partial charge in [-0.2, -0.15) is 26.3 Å². The van der Waals surface area contributed by atoms with Gasteiger partial charge < -0.3 is 22.7 Å². The number of aromatic nitrogens is 5. The Bertz CT molecular complexity index is 5340. The lowest BCUT2D eigenvalue weighted by Gasteiger charge is -2.28. The summed E-state index contributed by atoms with van der Waals surface area (Å²) in [5.74, 6) is 0.187. The van der Waals surface area contributed by atoms with Gasteiger partial charge in [0.15, 0.2) is 5.58 Å². The molecule has 0 aliphatic carbocycles. The molecule has 0 fully saturated rings. The fraction of sp³-hybridized carbons (Fsp3) is 0. The van der Waals surface area contributed by atoms with Gasteiger partial charge in [0.05, 0.1) is 125 Å². The van der Waals surface area contributed by atoms with Crippen LogP contribution in [0.4, 0.5) is 0 Å². The summed E-state index contributed by atoms with van der Waals surface area (Å²) in [6, 6.07) is 75.0. The topological polar surface area (TPSA) is 165 Å². The Morgan fingerprint density at radius 3 is 1.01 bits per heavy atom. The van der Waals surface area contributed by atoms with E-state index in [0.29, 0.717) is 61.7 Å². The van der Waals surface area contributed by atoms with Gasteiger partial charge in [-0.05, 0) is 109 Å². The Labute approximate surface area is 436 Å². The van der Waals surface area contributed by atoms with Gasteiger partial charge in [-0.1, -0.05) is 84.9 Å². The zero-order valence-corrected chi connectivity index (χ0v) is 40.4. The van der Waals surface area contributed by atoms with Crippen LogP contribution in [0.25, 0.3) is 133 Å². The summed E-state index contributed by atoms with van der Waals surface area (Å²) in [5.41, 5.74) is 12.1. The summed E-state index contributed by atoms with van der Waals surface area (Å²) in [5, 5.41) is 61.1. The first-order valence-corrected chi connectivity index (χ1v) is 24.7. The molecule has 0 unspecified atom stereocenters. The zero-order valence-electron chi connectivity index (χ0n) is 40.4. The molecular weight excluding hydrogens is 949 g/mol. The van der Waals surface area contributed by atoms with Crippen LogP contribution in [0.5, 0.6) is 0 Å². The lowest BCUT2D eigenvalue weighted by molar-refractivity contribution is 0.619. The molecular formula is C66H32N10O. The van der Waals surface area contributed by atoms with Crippen LogP contribution in [0.2, 0.25) is 0 Å². The van der Waals surface area contributed by atoms with Gasteiger partial charge in [0.2, 0.25) is 5.89 Å². The van der Waals surface area contributed by atoms with Crippen molar-refractivity contribution in [1.29, 1.82) is 26.3 Å². The van der Waals surface area contributed by atoms with E-state index < -0.39 is 0 Å². The lowest BCUT2D eigenvalue weighted by atomic mass is 9.97. The van der Waals surface area contributed by atoms with Crippen LogP contribution >= 0.6 is 0 Å². The zero-order chi connectivity index (χ0) is 51.6. The molecule has 77 heavy (non-hydrogen) atoms. The quantitative estimate of drug-likeness (QED) is 0.166. The highest BCUT2D eigenvalue weighted by molar-refractivity contribution is 6.17. The van der Waals surface area contributed by atoms with Gasteiger partial charge >= 0.3 is 0 Å². The predicted octanol–water partition coefficient (Wildman–Crippen LogP) is 15.2. The highest BCUT2D eigenvalue weighted by atomic mass is 16.3. The first-order chi connectivity index (χ1) is 38.0. The number of benzene rings is 10. The average molecular weight is 981 g/mol. The maximum Gasteiger partial charge on any atom is 0.230 e. The Morgan fingerprint density at radius 1 is 0.312 bits per heavy atom. The number of para-hydroxylation sites is 6. The third-order valence-corrected chi connectivity index (χ3v) is 15.1. The van der Waals surface area contributed by atoms with Crippen LogP contribution in [-0.2, 0) is 0 Å². The van der Waals surface area contributed by atoms with Crippen molar-refractivity contribution in [3.05, 3.63) is 222 Å². The molecule has 0 atom stereocenters. The number of oxazole rings is 1. The monoisotopic (exact) mass is 980 g/mol. The van der Waals surface area contributed by atoms with Crippen LogP contribution in [0.3, 0.4) is 0 Å². The molecule has 5 heterocycles. The highest BCUT2D eigenvalue weighted by Gasteiger charge is 2.36. The van der Waals surface area contributed by atoms with Gasteiger partial charge in [0, 0.05) is 43.1 Å². The lowest BCUT2D eigenvalue weighted by Crippen LogP contribution is -2.17. The van der Waals surface area contributed by atoms with Crippen molar-refractivity contribution in [2.45, 2.75) is 0 Å². The maximum absolute atomic E-state index is 12.6. The first kappa shape index (κ1) is 43.0. The summed E-state index contributed by atoms with van der Waals surface area (Å²) in [6.45, 7) is 0. The molecule has 0 bridgehead atoms. The predicted molar refractivity (Wildman–Crippen MR) is 300 cm³/mol. The van der Waals surface area contributed by atoms with Gasteiger partial charge in [-0.15, -0.1) is 0 Å². The number of hydrogen-bond acceptors (Lipinski definition) is 7. The minimum Gasteiger partial charge on any atom is -0.436 e. The Kier molecular flexibility index (Phi) is 9.01. The molecule has 11 nitrogen and oxygen atoms in total. The van der Waals surface area contributed by atoms with E-state index in [1.165, 1.54) is 0 Å². The van der Waals surface area contributed by atoms with Crippen LogP contribution in [0.15, 0.2) is 199 Å². The molecule has 11 heteroatoms. The second kappa shape index (κ2) is 16.2. The number of nitrogens with zero attached hydrogens (tertiary/aromatic N) is 10. The second-order valence-corrected chi connectivity index (χ2v) is 19.0. The van der Waals surface area contributed by atoms with E-state index in [9.17, 15) is 26.3 Å². The Balaban J connectivity index is 1.33. The molecule has 15 rings (SSSR count). The summed E-state index contributed by atoms with van der Waals surface area (Å²) >= 11 is 0. The van der Waals surface area contributed by atoms with Crippen LogP contribution < -0.4 is 0 Å². The van der Waals surface area contributed by atoms with E-state index in [1.54, 1.807) is 6.07 Å². The second-order valence-electron chi connectivity index (χ2n) is 19.0. The molecule has 10 aromatic carbocycles. The molecule has 0 spiro atoms. The third-order valence-electron chi connectivity index (χ3n) is 15.1. The van der Waals surface area contributed by atoms with Crippen molar-refractivity contribution in [3.63, 3.8) is 0 Å². The van der Waals surface area contributed by atoms with E-state index in [-0.39, 0.29) is 11.5 Å². The summed E-state index contributed by atoms with van der Waals surface area (Å²) in [6.07, 6.45) is 0. The summed E-state index contributed by atoms with van der Waals surface area (Å²) in [7, 11) is 0. The van der Waals surface area contributed by atoms with Gasteiger partial charge in [0.25, 0.3) is 0 Å². The van der Waals surface area contributed by atoms with Crippen LogP contribution in [0.1, 0.15) is 27.8 Å². The highest BCUT2D eigenvalue weighted by Crippen LogP contribution is 2.52. The SMILES string of the molecule is N#Cc1ccc2c(c1)c1ccccc1n2-c1c(C#N)c(-c2nc3ccccc3o2)c(-n2c3ccccc3c3cc(C#N)ccc32)c(-n2c3ccccc3c3cc(C#N)ccc32)c1-n1c2ccccc2c2cc(C#N)ccc21. The summed E-state index contributed by atoms with van der Waals surface area (Å²) < 4.78 is 15.8. The molecule has 0 radical (unpaired) electrons. The smallest absolute Gasteiger partial charge is 0.230 e. The van der Waals surface area contributed by atoms with Gasteiger partial charge in [-0.25, -0.2) is 4.98 Å². The number of fused-ring (bicyclic) bond motifs is 13. The van der Waals surface area contributed by atoms with Crippen LogP contribution in [-0.4, -0.2) is 23.3 Å². The minimum absolute atomic E-state index is 0.187. The minimum atomic E-state index is 0.187. The van der Waals surface area contributed by atoms with Crippen molar-refractivity contribution < 1.29 is 4.42 Å². The molecule has 0 amide bonds. The van der Waals surface area contributed by atoms with E-state index >= 15 is 0 Å². The molecule has 0 aliphatic heterocycles. The van der Waals surface area contributed by atoms with Gasteiger partial charge in [-0.3, -0.25) is 0 Å². The number of nitriles is 5. The molecule has 0 saturated heterocycles. The van der Waals surface area contributed by atoms with E-state index in [1.807, 2.05) is 158 Å². The molecule has 352 valence electrons. The number of hydrogen-bond donors (Lipinski definition) is 0. The number of rotatable bonds is 5.